The second-order valence-electron chi connectivity index (χ2n) is 8.11. The van der Waals surface area contributed by atoms with Crippen LogP contribution in [-0.2, 0) is 21.2 Å². The fourth-order valence-electron chi connectivity index (χ4n) is 4.47. The van der Waals surface area contributed by atoms with Crippen LogP contribution in [0.25, 0.3) is 0 Å². The van der Waals surface area contributed by atoms with Crippen LogP contribution in [0.5, 0.6) is 5.75 Å². The third-order valence-corrected chi connectivity index (χ3v) is 7.72. The van der Waals surface area contributed by atoms with Crippen molar-refractivity contribution in [3.63, 3.8) is 0 Å². The van der Waals surface area contributed by atoms with Gasteiger partial charge in [-0.15, -0.1) is 0 Å². The number of sulfonamides is 1. The summed E-state index contributed by atoms with van der Waals surface area (Å²) in [6.45, 7) is 1.17. The Kier molecular flexibility index (Phi) is 6.11. The highest BCUT2D eigenvalue weighted by atomic mass is 32.2. The van der Waals surface area contributed by atoms with Gasteiger partial charge in [-0.2, -0.15) is 0 Å². The topological polar surface area (TPSA) is 75.7 Å². The highest BCUT2D eigenvalue weighted by Gasteiger charge is 2.33. The van der Waals surface area contributed by atoms with Crippen molar-refractivity contribution in [2.24, 2.45) is 11.8 Å². The van der Waals surface area contributed by atoms with E-state index in [1.807, 2.05) is 23.1 Å². The van der Waals surface area contributed by atoms with E-state index in [-0.39, 0.29) is 22.6 Å². The molecule has 1 heterocycles. The SMILES string of the molecule is COc1ccc(S(=O)(=O)NCC2CCC(C(=O)N3CCc4ccccc43)CC2)cc1. The minimum absolute atomic E-state index is 0.0330. The number of ether oxygens (including phenoxy) is 1. The molecule has 0 atom stereocenters. The molecular formula is C23H28N2O4S. The summed E-state index contributed by atoms with van der Waals surface area (Å²) in [5.41, 5.74) is 2.30. The number of amides is 1. The van der Waals surface area contributed by atoms with Crippen LogP contribution in [0.15, 0.2) is 53.4 Å². The van der Waals surface area contributed by atoms with Crippen molar-refractivity contribution < 1.29 is 17.9 Å². The van der Waals surface area contributed by atoms with E-state index in [1.165, 1.54) is 5.56 Å². The van der Waals surface area contributed by atoms with Crippen LogP contribution in [0.4, 0.5) is 5.69 Å². The Hall–Kier alpha value is -2.38. The van der Waals surface area contributed by atoms with Crippen LogP contribution in [0.2, 0.25) is 0 Å². The van der Waals surface area contributed by atoms with Crippen LogP contribution >= 0.6 is 0 Å². The lowest BCUT2D eigenvalue weighted by atomic mass is 9.81. The smallest absolute Gasteiger partial charge is 0.240 e. The zero-order chi connectivity index (χ0) is 21.1. The van der Waals surface area contributed by atoms with Crippen molar-refractivity contribution in [3.05, 3.63) is 54.1 Å². The molecule has 1 amide bonds. The minimum atomic E-state index is -3.54. The Bertz CT molecular complexity index is 996. The first-order valence-electron chi connectivity index (χ1n) is 10.5. The standard InChI is InChI=1S/C23H28N2O4S/c1-29-20-10-12-21(13-11-20)30(27,28)24-16-17-6-8-19(9-7-17)23(26)25-15-14-18-4-2-3-5-22(18)25/h2-5,10-13,17,19,24H,6-9,14-16H2,1H3. The van der Waals surface area contributed by atoms with Crippen molar-refractivity contribution in [1.82, 2.24) is 4.72 Å². The van der Waals surface area contributed by atoms with Crippen molar-refractivity contribution in [2.45, 2.75) is 37.0 Å². The second kappa shape index (κ2) is 8.78. The third-order valence-electron chi connectivity index (χ3n) is 6.28. The van der Waals surface area contributed by atoms with Gasteiger partial charge in [-0.3, -0.25) is 4.79 Å². The zero-order valence-electron chi connectivity index (χ0n) is 17.2. The molecule has 0 spiro atoms. The third kappa shape index (κ3) is 4.37. The molecule has 1 fully saturated rings. The molecule has 1 saturated carbocycles. The number of benzene rings is 2. The van der Waals surface area contributed by atoms with E-state index in [2.05, 4.69) is 10.8 Å². The van der Waals surface area contributed by atoms with Crippen LogP contribution in [0.1, 0.15) is 31.2 Å². The Morgan fingerprint density at radius 2 is 1.77 bits per heavy atom. The molecule has 4 rings (SSSR count). The second-order valence-corrected chi connectivity index (χ2v) is 9.88. The molecule has 1 aliphatic carbocycles. The molecule has 2 aromatic carbocycles. The number of nitrogens with zero attached hydrogens (tertiary/aromatic N) is 1. The van der Waals surface area contributed by atoms with E-state index in [0.29, 0.717) is 12.3 Å². The molecule has 30 heavy (non-hydrogen) atoms. The maximum atomic E-state index is 13.0. The lowest BCUT2D eigenvalue weighted by Gasteiger charge is -2.30. The summed E-state index contributed by atoms with van der Waals surface area (Å²) in [5, 5.41) is 0. The first-order valence-corrected chi connectivity index (χ1v) is 12.0. The fourth-order valence-corrected chi connectivity index (χ4v) is 5.58. The van der Waals surface area contributed by atoms with Gasteiger partial charge in [-0.25, -0.2) is 13.1 Å². The summed E-state index contributed by atoms with van der Waals surface area (Å²) >= 11 is 0. The van der Waals surface area contributed by atoms with Gasteiger partial charge in [0.15, 0.2) is 0 Å². The van der Waals surface area contributed by atoms with Gasteiger partial charge in [-0.1, -0.05) is 18.2 Å². The molecule has 0 aromatic heterocycles. The number of carbonyl (C=O) groups is 1. The molecule has 1 aliphatic heterocycles. The summed E-state index contributed by atoms with van der Waals surface area (Å²) in [7, 11) is -1.99. The molecule has 6 nitrogen and oxygen atoms in total. The molecule has 0 unspecified atom stereocenters. The summed E-state index contributed by atoms with van der Waals surface area (Å²) in [6.07, 6.45) is 4.26. The van der Waals surface area contributed by atoms with Gasteiger partial charge < -0.3 is 9.64 Å². The summed E-state index contributed by atoms with van der Waals surface area (Å²) < 4.78 is 32.9. The number of anilines is 1. The molecule has 0 bridgehead atoms. The van der Waals surface area contributed by atoms with E-state index >= 15 is 0 Å². The minimum Gasteiger partial charge on any atom is -0.497 e. The van der Waals surface area contributed by atoms with Crippen LogP contribution in [-0.4, -0.2) is 34.5 Å². The molecule has 0 saturated heterocycles. The summed E-state index contributed by atoms with van der Waals surface area (Å²) in [4.78, 5) is 15.2. The molecule has 0 radical (unpaired) electrons. The average molecular weight is 429 g/mol. The van der Waals surface area contributed by atoms with Gasteiger partial charge in [0.2, 0.25) is 15.9 Å². The van der Waals surface area contributed by atoms with E-state index in [0.717, 1.165) is 44.3 Å². The number of hydrogen-bond acceptors (Lipinski definition) is 4. The molecule has 160 valence electrons. The number of rotatable bonds is 6. The molecule has 1 N–H and O–H groups in total. The van der Waals surface area contributed by atoms with E-state index < -0.39 is 10.0 Å². The quantitative estimate of drug-likeness (QED) is 0.765. The van der Waals surface area contributed by atoms with Crippen LogP contribution in [0, 0.1) is 11.8 Å². The van der Waals surface area contributed by atoms with Crippen molar-refractivity contribution >= 4 is 21.6 Å². The van der Waals surface area contributed by atoms with Gasteiger partial charge in [0, 0.05) is 24.7 Å². The summed E-state index contributed by atoms with van der Waals surface area (Å²) in [5.74, 6) is 1.13. The van der Waals surface area contributed by atoms with Gasteiger partial charge in [0.05, 0.1) is 12.0 Å². The Morgan fingerprint density at radius 3 is 2.47 bits per heavy atom. The predicted molar refractivity (Wildman–Crippen MR) is 116 cm³/mol. The van der Waals surface area contributed by atoms with E-state index in [1.54, 1.807) is 31.4 Å². The lowest BCUT2D eigenvalue weighted by Crippen LogP contribution is -2.38. The Balaban J connectivity index is 1.29. The highest BCUT2D eigenvalue weighted by molar-refractivity contribution is 7.89. The Labute approximate surface area is 178 Å². The summed E-state index contributed by atoms with van der Waals surface area (Å²) in [6, 6.07) is 14.5. The van der Waals surface area contributed by atoms with Gasteiger partial charge in [0.1, 0.15) is 5.75 Å². The normalized spacial score (nSPS) is 21.3. The maximum Gasteiger partial charge on any atom is 0.240 e. The van der Waals surface area contributed by atoms with Gasteiger partial charge in [-0.05, 0) is 73.9 Å². The van der Waals surface area contributed by atoms with Crippen molar-refractivity contribution in [2.75, 3.05) is 25.1 Å². The first kappa shape index (κ1) is 20.9. The maximum absolute atomic E-state index is 13.0. The monoisotopic (exact) mass is 428 g/mol. The first-order chi connectivity index (χ1) is 14.5. The van der Waals surface area contributed by atoms with Gasteiger partial charge >= 0.3 is 0 Å². The van der Waals surface area contributed by atoms with Gasteiger partial charge in [0.25, 0.3) is 0 Å². The van der Waals surface area contributed by atoms with Crippen LogP contribution < -0.4 is 14.4 Å². The number of hydrogen-bond donors (Lipinski definition) is 1. The molecule has 7 heteroatoms. The fraction of sp³-hybridized carbons (Fsp3) is 0.435. The average Bonchev–Trinajstić information content (AvgIpc) is 3.22. The number of nitrogens with one attached hydrogen (secondary N) is 1. The number of methoxy groups -OCH3 is 1. The van der Waals surface area contributed by atoms with E-state index in [4.69, 9.17) is 4.74 Å². The number of fused-ring (bicyclic) bond motifs is 1. The molecule has 2 aromatic rings. The Morgan fingerprint density at radius 1 is 1.07 bits per heavy atom. The number of para-hydroxylation sites is 1. The molecule has 2 aliphatic rings. The predicted octanol–water partition coefficient (Wildman–Crippen LogP) is 3.37. The lowest BCUT2D eigenvalue weighted by molar-refractivity contribution is -0.123. The van der Waals surface area contributed by atoms with Crippen LogP contribution in [0.3, 0.4) is 0 Å². The molecular weight excluding hydrogens is 400 g/mol. The largest absolute Gasteiger partial charge is 0.497 e. The highest BCUT2D eigenvalue weighted by Crippen LogP contribution is 2.34. The zero-order valence-corrected chi connectivity index (χ0v) is 18.0. The van der Waals surface area contributed by atoms with E-state index in [9.17, 15) is 13.2 Å². The number of carbonyl (C=O) groups excluding carboxylic acids is 1. The van der Waals surface area contributed by atoms with Crippen molar-refractivity contribution in [1.29, 1.82) is 0 Å². The van der Waals surface area contributed by atoms with Crippen molar-refractivity contribution in [3.8, 4) is 5.75 Å².